The zero-order chi connectivity index (χ0) is 14.9. The highest BCUT2D eigenvalue weighted by molar-refractivity contribution is 7.18. The van der Waals surface area contributed by atoms with E-state index < -0.39 is 0 Å². The third-order valence-electron chi connectivity index (χ3n) is 4.91. The third-order valence-corrected chi connectivity index (χ3v) is 5.97. The van der Waals surface area contributed by atoms with Crippen molar-refractivity contribution in [3.8, 4) is 0 Å². The standard InChI is InChI=1S/C18H26N2S/c1-18(2)9-8-13(12-19-3)14(11-18)10-17-20-15-6-4-5-7-16(15)21-17/h4-7,13-14,19H,8-12H2,1-3H3. The second-order valence-electron chi connectivity index (χ2n) is 7.26. The molecule has 2 atom stereocenters. The van der Waals surface area contributed by atoms with E-state index in [2.05, 4.69) is 50.5 Å². The highest BCUT2D eigenvalue weighted by Crippen LogP contribution is 2.43. The quantitative estimate of drug-likeness (QED) is 0.899. The summed E-state index contributed by atoms with van der Waals surface area (Å²) < 4.78 is 1.33. The first-order valence-corrected chi connectivity index (χ1v) is 8.88. The van der Waals surface area contributed by atoms with Gasteiger partial charge in [0.1, 0.15) is 0 Å². The van der Waals surface area contributed by atoms with Gasteiger partial charge >= 0.3 is 0 Å². The fourth-order valence-electron chi connectivity index (χ4n) is 3.79. The van der Waals surface area contributed by atoms with Crippen molar-refractivity contribution in [2.45, 2.75) is 39.5 Å². The second-order valence-corrected chi connectivity index (χ2v) is 8.38. The molecule has 0 saturated heterocycles. The molecule has 2 unspecified atom stereocenters. The summed E-state index contributed by atoms with van der Waals surface area (Å²) in [4.78, 5) is 4.85. The van der Waals surface area contributed by atoms with Crippen molar-refractivity contribution >= 4 is 21.6 Å². The Kier molecular flexibility index (Phi) is 4.32. The van der Waals surface area contributed by atoms with Crippen molar-refractivity contribution in [3.63, 3.8) is 0 Å². The molecule has 1 saturated carbocycles. The Bertz CT molecular complexity index is 569. The second kappa shape index (κ2) is 6.05. The van der Waals surface area contributed by atoms with Crippen molar-refractivity contribution in [1.29, 1.82) is 0 Å². The van der Waals surface area contributed by atoms with E-state index in [1.54, 1.807) is 0 Å². The summed E-state index contributed by atoms with van der Waals surface area (Å²) in [7, 11) is 2.08. The fourth-order valence-corrected chi connectivity index (χ4v) is 4.85. The van der Waals surface area contributed by atoms with Gasteiger partial charge in [0.15, 0.2) is 0 Å². The Balaban J connectivity index is 1.79. The van der Waals surface area contributed by atoms with Crippen LogP contribution in [0.15, 0.2) is 24.3 Å². The number of fused-ring (bicyclic) bond motifs is 1. The van der Waals surface area contributed by atoms with Gasteiger partial charge in [-0.1, -0.05) is 26.0 Å². The molecule has 0 bridgehead atoms. The minimum absolute atomic E-state index is 0.492. The van der Waals surface area contributed by atoms with Crippen molar-refractivity contribution < 1.29 is 0 Å². The van der Waals surface area contributed by atoms with Crippen LogP contribution in [0, 0.1) is 17.3 Å². The minimum atomic E-state index is 0.492. The highest BCUT2D eigenvalue weighted by atomic mass is 32.1. The summed E-state index contributed by atoms with van der Waals surface area (Å²) in [5.74, 6) is 1.57. The molecule has 3 rings (SSSR count). The average molecular weight is 302 g/mol. The van der Waals surface area contributed by atoms with E-state index in [-0.39, 0.29) is 0 Å². The molecule has 2 nitrogen and oxygen atoms in total. The molecule has 0 radical (unpaired) electrons. The molecule has 3 heteroatoms. The predicted molar refractivity (Wildman–Crippen MR) is 91.9 cm³/mol. The Hall–Kier alpha value is -0.930. The normalized spacial score (nSPS) is 25.3. The van der Waals surface area contributed by atoms with Crippen LogP contribution in [0.4, 0.5) is 0 Å². The van der Waals surface area contributed by atoms with E-state index in [0.717, 1.165) is 30.3 Å². The summed E-state index contributed by atoms with van der Waals surface area (Å²) in [5.41, 5.74) is 1.66. The third kappa shape index (κ3) is 3.46. The van der Waals surface area contributed by atoms with Crippen molar-refractivity contribution in [3.05, 3.63) is 29.3 Å². The number of para-hydroxylation sites is 1. The first-order chi connectivity index (χ1) is 10.1. The van der Waals surface area contributed by atoms with Crippen LogP contribution in [0.2, 0.25) is 0 Å². The van der Waals surface area contributed by atoms with Crippen molar-refractivity contribution in [2.24, 2.45) is 17.3 Å². The van der Waals surface area contributed by atoms with E-state index >= 15 is 0 Å². The summed E-state index contributed by atoms with van der Waals surface area (Å²) >= 11 is 1.88. The Morgan fingerprint density at radius 1 is 1.29 bits per heavy atom. The van der Waals surface area contributed by atoms with E-state index in [0.29, 0.717) is 5.41 Å². The number of rotatable bonds is 4. The van der Waals surface area contributed by atoms with E-state index in [1.165, 1.54) is 29.0 Å². The molecule has 1 fully saturated rings. The number of benzene rings is 1. The first-order valence-electron chi connectivity index (χ1n) is 8.06. The summed E-state index contributed by atoms with van der Waals surface area (Å²) in [6.45, 7) is 5.99. The lowest BCUT2D eigenvalue weighted by molar-refractivity contribution is 0.117. The molecule has 1 heterocycles. The van der Waals surface area contributed by atoms with E-state index in [4.69, 9.17) is 4.98 Å². The van der Waals surface area contributed by atoms with E-state index in [1.807, 2.05) is 11.3 Å². The molecule has 0 spiro atoms. The van der Waals surface area contributed by atoms with Gasteiger partial charge in [0.2, 0.25) is 0 Å². The maximum Gasteiger partial charge on any atom is 0.0941 e. The lowest BCUT2D eigenvalue weighted by atomic mass is 9.66. The van der Waals surface area contributed by atoms with Gasteiger partial charge in [-0.2, -0.15) is 0 Å². The van der Waals surface area contributed by atoms with Crippen molar-refractivity contribution in [1.82, 2.24) is 10.3 Å². The zero-order valence-corrected chi connectivity index (χ0v) is 14.2. The van der Waals surface area contributed by atoms with Gasteiger partial charge in [-0.05, 0) is 62.2 Å². The number of aromatic nitrogens is 1. The molecule has 1 aromatic carbocycles. The summed E-state index contributed by atoms with van der Waals surface area (Å²) in [6, 6.07) is 8.51. The average Bonchev–Trinajstić information content (AvgIpc) is 2.83. The Labute approximate surface area is 132 Å². The Morgan fingerprint density at radius 2 is 2.10 bits per heavy atom. The monoisotopic (exact) mass is 302 g/mol. The van der Waals surface area contributed by atoms with Gasteiger partial charge in [0.05, 0.1) is 15.2 Å². The van der Waals surface area contributed by atoms with Gasteiger partial charge in [-0.25, -0.2) is 4.98 Å². The number of nitrogens with one attached hydrogen (secondary N) is 1. The van der Waals surface area contributed by atoms with Crippen LogP contribution < -0.4 is 5.32 Å². The van der Waals surface area contributed by atoms with Gasteiger partial charge < -0.3 is 5.32 Å². The molecule has 1 aliphatic carbocycles. The van der Waals surface area contributed by atoms with Gasteiger partial charge in [-0.3, -0.25) is 0 Å². The largest absolute Gasteiger partial charge is 0.319 e. The molecule has 1 aliphatic rings. The summed E-state index contributed by atoms with van der Waals surface area (Å²) in [6.07, 6.45) is 5.18. The van der Waals surface area contributed by atoms with Gasteiger partial charge in [0, 0.05) is 6.42 Å². The van der Waals surface area contributed by atoms with Crippen LogP contribution >= 0.6 is 11.3 Å². The molecule has 1 aromatic heterocycles. The SMILES string of the molecule is CNCC1CCC(C)(C)CC1Cc1nc2ccccc2s1. The number of hydrogen-bond acceptors (Lipinski definition) is 3. The van der Waals surface area contributed by atoms with Crippen LogP contribution in [0.1, 0.15) is 38.1 Å². The van der Waals surface area contributed by atoms with Crippen LogP contribution in [0.25, 0.3) is 10.2 Å². The van der Waals surface area contributed by atoms with Crippen molar-refractivity contribution in [2.75, 3.05) is 13.6 Å². The minimum Gasteiger partial charge on any atom is -0.319 e. The number of nitrogens with zero attached hydrogens (tertiary/aromatic N) is 1. The molecule has 1 N–H and O–H groups in total. The van der Waals surface area contributed by atoms with Crippen LogP contribution in [-0.4, -0.2) is 18.6 Å². The summed E-state index contributed by atoms with van der Waals surface area (Å²) in [5, 5.41) is 4.71. The smallest absolute Gasteiger partial charge is 0.0941 e. The van der Waals surface area contributed by atoms with E-state index in [9.17, 15) is 0 Å². The molecular weight excluding hydrogens is 276 g/mol. The topological polar surface area (TPSA) is 24.9 Å². The molecule has 2 aromatic rings. The maximum absolute atomic E-state index is 4.85. The van der Waals surface area contributed by atoms with Gasteiger partial charge in [0.25, 0.3) is 0 Å². The molecule has 21 heavy (non-hydrogen) atoms. The fraction of sp³-hybridized carbons (Fsp3) is 0.611. The predicted octanol–water partition coefficient (Wildman–Crippen LogP) is 4.50. The first kappa shape index (κ1) is 15.0. The maximum atomic E-state index is 4.85. The lowest BCUT2D eigenvalue weighted by Crippen LogP contribution is -2.36. The molecule has 0 aliphatic heterocycles. The Morgan fingerprint density at radius 3 is 2.86 bits per heavy atom. The van der Waals surface area contributed by atoms with Gasteiger partial charge in [-0.15, -0.1) is 11.3 Å². The van der Waals surface area contributed by atoms with Crippen LogP contribution in [-0.2, 0) is 6.42 Å². The lowest BCUT2D eigenvalue weighted by Gasteiger charge is -2.40. The molecule has 0 amide bonds. The molecule has 114 valence electrons. The highest BCUT2D eigenvalue weighted by Gasteiger charge is 2.34. The molecular formula is C18H26N2S. The number of hydrogen-bond donors (Lipinski definition) is 1. The van der Waals surface area contributed by atoms with Crippen LogP contribution in [0.5, 0.6) is 0 Å². The van der Waals surface area contributed by atoms with Crippen LogP contribution in [0.3, 0.4) is 0 Å². The zero-order valence-electron chi connectivity index (χ0n) is 13.4. The number of thiazole rings is 1.